The molecule has 0 aliphatic carbocycles. The van der Waals surface area contributed by atoms with Crippen molar-refractivity contribution in [1.82, 2.24) is 19.9 Å². The first-order valence-corrected chi connectivity index (χ1v) is 11.4. The van der Waals surface area contributed by atoms with Crippen molar-refractivity contribution >= 4 is 39.2 Å². The van der Waals surface area contributed by atoms with Crippen molar-refractivity contribution in [3.8, 4) is 0 Å². The number of hydrogen-bond donors (Lipinski definition) is 3. The molecule has 0 spiro atoms. The van der Waals surface area contributed by atoms with Crippen LogP contribution in [0.1, 0.15) is 21.6 Å². The molecule has 0 bridgehead atoms. The van der Waals surface area contributed by atoms with Gasteiger partial charge in [0.05, 0.1) is 18.4 Å². The zero-order valence-electron chi connectivity index (χ0n) is 18.1. The van der Waals surface area contributed by atoms with Gasteiger partial charge >= 0.3 is 6.18 Å². The van der Waals surface area contributed by atoms with Gasteiger partial charge in [0, 0.05) is 31.3 Å². The molecule has 0 saturated heterocycles. The molecular weight excluding hydrogens is 496 g/mol. The topological polar surface area (TPSA) is 156 Å². The van der Waals surface area contributed by atoms with Gasteiger partial charge in [-0.1, -0.05) is 0 Å². The summed E-state index contributed by atoms with van der Waals surface area (Å²) in [7, 11) is -2.50. The number of hydrogen-bond acceptors (Lipinski definition) is 9. The third kappa shape index (κ3) is 6.08. The summed E-state index contributed by atoms with van der Waals surface area (Å²) >= 11 is 0. The number of nitrogens with one attached hydrogen (secondary N) is 2. The lowest BCUT2D eigenvalue weighted by atomic mass is 10.2. The van der Waals surface area contributed by atoms with Crippen LogP contribution in [-0.2, 0) is 22.7 Å². The van der Waals surface area contributed by atoms with Crippen molar-refractivity contribution in [2.75, 3.05) is 28.2 Å². The highest BCUT2D eigenvalue weighted by molar-refractivity contribution is 7.92. The Kier molecular flexibility index (Phi) is 7.04. The van der Waals surface area contributed by atoms with Crippen LogP contribution < -0.4 is 20.7 Å². The van der Waals surface area contributed by atoms with E-state index in [0.717, 1.165) is 22.7 Å². The molecule has 11 nitrogen and oxygen atoms in total. The molecular formula is C19H18F4N8O3S. The van der Waals surface area contributed by atoms with Gasteiger partial charge in [-0.15, -0.1) is 0 Å². The third-order valence-corrected chi connectivity index (χ3v) is 5.72. The van der Waals surface area contributed by atoms with Crippen molar-refractivity contribution in [2.24, 2.45) is 5.73 Å². The van der Waals surface area contributed by atoms with Crippen LogP contribution in [0.2, 0.25) is 0 Å². The second kappa shape index (κ2) is 9.65. The number of primary amides is 1. The minimum atomic E-state index is -4.83. The molecule has 2 aromatic heterocycles. The predicted molar refractivity (Wildman–Crippen MR) is 118 cm³/mol. The summed E-state index contributed by atoms with van der Waals surface area (Å²) in [4.78, 5) is 26.7. The average Bonchev–Trinajstić information content (AvgIpc) is 2.77. The van der Waals surface area contributed by atoms with Gasteiger partial charge in [-0.05, 0) is 18.2 Å². The highest BCUT2D eigenvalue weighted by Gasteiger charge is 2.35. The molecule has 186 valence electrons. The van der Waals surface area contributed by atoms with Crippen LogP contribution in [-0.4, -0.2) is 47.6 Å². The minimum Gasteiger partial charge on any atom is -0.366 e. The van der Waals surface area contributed by atoms with Crippen LogP contribution in [0.3, 0.4) is 0 Å². The zero-order valence-corrected chi connectivity index (χ0v) is 18.9. The standard InChI is InChI=1S/C19H18F4N8O3S/c1-31(35(2,33)34)17-14(25-5-6-26-17)9-27-16-12(19(21,22)23)8-28-18(30-16)29-10-3-4-13(20)11(7-10)15(24)32/h3-8H,9H2,1-2H3,(H2,24,32)(H2,27,28,29,30). The fourth-order valence-electron chi connectivity index (χ4n) is 2.78. The number of carbonyl (C=O) groups excluding carboxylic acids is 1. The quantitative estimate of drug-likeness (QED) is 0.384. The van der Waals surface area contributed by atoms with Crippen molar-refractivity contribution < 1.29 is 30.8 Å². The van der Waals surface area contributed by atoms with Crippen LogP contribution in [0.5, 0.6) is 0 Å². The summed E-state index contributed by atoms with van der Waals surface area (Å²) in [6.45, 7) is -0.370. The van der Waals surface area contributed by atoms with Crippen LogP contribution in [0.25, 0.3) is 0 Å². The Morgan fingerprint density at radius 3 is 2.49 bits per heavy atom. The minimum absolute atomic E-state index is 0.0336. The fourth-order valence-corrected chi connectivity index (χ4v) is 3.24. The second-order valence-electron chi connectivity index (χ2n) is 7.05. The number of anilines is 4. The number of rotatable bonds is 8. The molecule has 0 unspecified atom stereocenters. The van der Waals surface area contributed by atoms with Crippen LogP contribution in [0.15, 0.2) is 36.8 Å². The monoisotopic (exact) mass is 514 g/mol. The lowest BCUT2D eigenvalue weighted by molar-refractivity contribution is -0.137. The number of amides is 1. The maximum Gasteiger partial charge on any atom is 0.421 e. The third-order valence-electron chi connectivity index (χ3n) is 4.55. The van der Waals surface area contributed by atoms with Gasteiger partial charge in [0.15, 0.2) is 5.82 Å². The molecule has 0 fully saturated rings. The second-order valence-corrected chi connectivity index (χ2v) is 9.06. The number of nitrogens with zero attached hydrogens (tertiary/aromatic N) is 5. The van der Waals surface area contributed by atoms with E-state index in [9.17, 15) is 30.8 Å². The summed E-state index contributed by atoms with van der Waals surface area (Å²) in [6, 6.07) is 3.21. The SMILES string of the molecule is CN(c1nccnc1CNc1nc(Nc2ccc(F)c(C(N)=O)c2)ncc1C(F)(F)F)S(C)(=O)=O. The molecule has 0 saturated carbocycles. The summed E-state index contributed by atoms with van der Waals surface area (Å²) in [5, 5.41) is 5.05. The van der Waals surface area contributed by atoms with Gasteiger partial charge in [0.1, 0.15) is 22.9 Å². The summed E-state index contributed by atoms with van der Waals surface area (Å²) < 4.78 is 78.8. The molecule has 0 atom stereocenters. The van der Waals surface area contributed by atoms with Crippen LogP contribution in [0, 0.1) is 5.82 Å². The molecule has 0 aliphatic heterocycles. The Balaban J connectivity index is 1.93. The molecule has 0 aliphatic rings. The van der Waals surface area contributed by atoms with E-state index in [0.29, 0.717) is 6.20 Å². The molecule has 3 rings (SSSR count). The molecule has 2 heterocycles. The van der Waals surface area contributed by atoms with Gasteiger partial charge in [0.2, 0.25) is 16.0 Å². The highest BCUT2D eigenvalue weighted by atomic mass is 32.2. The highest BCUT2D eigenvalue weighted by Crippen LogP contribution is 2.34. The van der Waals surface area contributed by atoms with Gasteiger partial charge in [-0.3, -0.25) is 14.1 Å². The Hall–Kier alpha value is -4.08. The number of benzene rings is 1. The van der Waals surface area contributed by atoms with Gasteiger partial charge in [-0.25, -0.2) is 22.8 Å². The largest absolute Gasteiger partial charge is 0.421 e. The molecule has 35 heavy (non-hydrogen) atoms. The number of nitrogens with two attached hydrogens (primary N) is 1. The molecule has 4 N–H and O–H groups in total. The van der Waals surface area contributed by atoms with E-state index in [1.54, 1.807) is 0 Å². The Morgan fingerprint density at radius 2 is 1.86 bits per heavy atom. The van der Waals surface area contributed by atoms with E-state index in [2.05, 4.69) is 30.6 Å². The fraction of sp³-hybridized carbons (Fsp3) is 0.211. The first kappa shape index (κ1) is 25.5. The van der Waals surface area contributed by atoms with Crippen LogP contribution in [0.4, 0.5) is 40.8 Å². The smallest absolute Gasteiger partial charge is 0.366 e. The van der Waals surface area contributed by atoms with E-state index in [-0.39, 0.29) is 29.7 Å². The number of aromatic nitrogens is 4. The number of alkyl halides is 3. The van der Waals surface area contributed by atoms with Crippen molar-refractivity contribution in [2.45, 2.75) is 12.7 Å². The molecule has 1 aromatic carbocycles. The van der Waals surface area contributed by atoms with Crippen molar-refractivity contribution in [3.05, 3.63) is 59.4 Å². The molecule has 16 heteroatoms. The lowest BCUT2D eigenvalue weighted by Crippen LogP contribution is -2.27. The summed E-state index contributed by atoms with van der Waals surface area (Å²) in [6.07, 6.45) is -0.889. The normalized spacial score (nSPS) is 11.7. The van der Waals surface area contributed by atoms with E-state index in [1.165, 1.54) is 25.5 Å². The van der Waals surface area contributed by atoms with Crippen molar-refractivity contribution in [1.29, 1.82) is 0 Å². The van der Waals surface area contributed by atoms with Crippen LogP contribution >= 0.6 is 0 Å². The summed E-state index contributed by atoms with van der Waals surface area (Å²) in [5.74, 6) is -2.96. The van der Waals surface area contributed by atoms with Crippen molar-refractivity contribution in [3.63, 3.8) is 0 Å². The molecule has 3 aromatic rings. The number of sulfonamides is 1. The molecule has 0 radical (unpaired) electrons. The van der Waals surface area contributed by atoms with Gasteiger partial charge in [-0.2, -0.15) is 18.2 Å². The van der Waals surface area contributed by atoms with E-state index in [1.807, 2.05) is 0 Å². The maximum atomic E-state index is 13.7. The Bertz CT molecular complexity index is 1370. The summed E-state index contributed by atoms with van der Waals surface area (Å²) in [5.41, 5.74) is 3.58. The zero-order chi connectivity index (χ0) is 26.0. The predicted octanol–water partition coefficient (Wildman–Crippen LogP) is 2.27. The van der Waals surface area contributed by atoms with E-state index < -0.39 is 44.9 Å². The lowest BCUT2D eigenvalue weighted by Gasteiger charge is -2.19. The Labute approximate surface area is 196 Å². The number of carbonyl (C=O) groups is 1. The first-order valence-electron chi connectivity index (χ1n) is 9.55. The number of halogens is 4. The van der Waals surface area contributed by atoms with Gasteiger partial charge in [0.25, 0.3) is 5.91 Å². The Morgan fingerprint density at radius 1 is 1.17 bits per heavy atom. The first-order chi connectivity index (χ1) is 16.3. The maximum absolute atomic E-state index is 13.7. The average molecular weight is 514 g/mol. The molecule has 1 amide bonds. The van der Waals surface area contributed by atoms with E-state index in [4.69, 9.17) is 5.73 Å². The van der Waals surface area contributed by atoms with E-state index >= 15 is 0 Å². The van der Waals surface area contributed by atoms with Gasteiger partial charge < -0.3 is 16.4 Å².